The van der Waals surface area contributed by atoms with Crippen LogP contribution in [0.2, 0.25) is 0 Å². The first-order valence-electron chi connectivity index (χ1n) is 11.4. The average molecular weight is 495 g/mol. The zero-order valence-corrected chi connectivity index (χ0v) is 21.0. The van der Waals surface area contributed by atoms with E-state index in [1.807, 2.05) is 19.1 Å². The summed E-state index contributed by atoms with van der Waals surface area (Å²) in [5.41, 5.74) is 1.79. The number of nitrogens with zero attached hydrogens (tertiary/aromatic N) is 4. The third kappa shape index (κ3) is 4.18. The van der Waals surface area contributed by atoms with Gasteiger partial charge in [0.1, 0.15) is 21.5 Å². The normalized spacial score (nSPS) is 22.4. The fourth-order valence-electron chi connectivity index (χ4n) is 4.83. The number of amides is 1. The highest BCUT2D eigenvalue weighted by Crippen LogP contribution is 2.35. The number of thiocarbonyl (C=S) groups is 1. The zero-order chi connectivity index (χ0) is 24.0. The van der Waals surface area contributed by atoms with Crippen molar-refractivity contribution in [2.75, 3.05) is 18.0 Å². The van der Waals surface area contributed by atoms with Crippen LogP contribution in [0.1, 0.15) is 37.2 Å². The lowest BCUT2D eigenvalue weighted by Gasteiger charge is -2.36. The molecule has 1 amide bonds. The first-order valence-corrected chi connectivity index (χ1v) is 12.6. The summed E-state index contributed by atoms with van der Waals surface area (Å²) in [6.45, 7) is 8.30. The Morgan fingerprint density at radius 2 is 1.97 bits per heavy atom. The number of piperidine rings is 1. The van der Waals surface area contributed by atoms with Crippen LogP contribution in [0.25, 0.3) is 11.7 Å². The van der Waals surface area contributed by atoms with Crippen molar-refractivity contribution in [1.29, 1.82) is 0 Å². The second kappa shape index (κ2) is 9.03. The Kier molecular flexibility index (Phi) is 6.07. The highest BCUT2D eigenvalue weighted by atomic mass is 32.2. The second-order valence-corrected chi connectivity index (χ2v) is 10.9. The Bertz CT molecular complexity index is 1350. The molecule has 0 aromatic carbocycles. The van der Waals surface area contributed by atoms with E-state index in [2.05, 4.69) is 18.7 Å². The number of rotatable bonds is 4. The lowest BCUT2D eigenvalue weighted by molar-refractivity contribution is -0.122. The van der Waals surface area contributed by atoms with E-state index >= 15 is 0 Å². The van der Waals surface area contributed by atoms with Gasteiger partial charge in [0, 0.05) is 19.3 Å². The summed E-state index contributed by atoms with van der Waals surface area (Å²) >= 11 is 6.68. The number of furan rings is 1. The zero-order valence-electron chi connectivity index (χ0n) is 19.4. The van der Waals surface area contributed by atoms with Crippen molar-refractivity contribution in [2.24, 2.45) is 11.8 Å². The number of carbonyl (C=O) groups is 1. The van der Waals surface area contributed by atoms with Gasteiger partial charge in [0.15, 0.2) is 0 Å². The molecule has 0 aliphatic carbocycles. The van der Waals surface area contributed by atoms with Gasteiger partial charge in [-0.05, 0) is 55.0 Å². The molecule has 3 aromatic rings. The molecule has 2 aliphatic rings. The number of aromatic nitrogens is 2. The molecule has 0 N–H and O–H groups in total. The molecule has 9 heteroatoms. The predicted molar refractivity (Wildman–Crippen MR) is 139 cm³/mol. The molecule has 2 aliphatic heterocycles. The summed E-state index contributed by atoms with van der Waals surface area (Å²) in [7, 11) is 0. The number of aryl methyl sites for hydroxylation is 1. The van der Waals surface area contributed by atoms with Crippen molar-refractivity contribution in [3.05, 3.63) is 68.9 Å². The van der Waals surface area contributed by atoms with E-state index in [-0.39, 0.29) is 18.0 Å². The minimum atomic E-state index is -0.230. The number of pyridine rings is 1. The SMILES string of the molecule is Cc1cccn2c(=O)c(/C=C3\SC(=S)N(Cc4ccco4)C3=O)c(N3C[C@@H](C)C[C@H](C)C3)nc12. The summed E-state index contributed by atoms with van der Waals surface area (Å²) in [6, 6.07) is 7.37. The van der Waals surface area contributed by atoms with Crippen LogP contribution in [0.5, 0.6) is 0 Å². The molecule has 0 bridgehead atoms. The quantitative estimate of drug-likeness (QED) is 0.391. The van der Waals surface area contributed by atoms with Crippen molar-refractivity contribution in [3.63, 3.8) is 0 Å². The molecule has 0 unspecified atom stereocenters. The van der Waals surface area contributed by atoms with Gasteiger partial charge in [0.25, 0.3) is 11.5 Å². The predicted octanol–water partition coefficient (Wildman–Crippen LogP) is 4.48. The molecule has 3 aromatic heterocycles. The Hall–Kier alpha value is -2.91. The lowest BCUT2D eigenvalue weighted by atomic mass is 9.91. The minimum absolute atomic E-state index is 0.189. The highest BCUT2D eigenvalue weighted by Gasteiger charge is 2.34. The summed E-state index contributed by atoms with van der Waals surface area (Å²) in [5.74, 6) is 2.03. The van der Waals surface area contributed by atoms with Crippen LogP contribution in [-0.2, 0) is 11.3 Å². The Balaban J connectivity index is 1.61. The molecule has 34 heavy (non-hydrogen) atoms. The van der Waals surface area contributed by atoms with Crippen LogP contribution in [0.3, 0.4) is 0 Å². The monoisotopic (exact) mass is 494 g/mol. The average Bonchev–Trinajstić information content (AvgIpc) is 3.39. The molecular formula is C25H26N4O3S2. The fourth-order valence-corrected chi connectivity index (χ4v) is 6.07. The van der Waals surface area contributed by atoms with Gasteiger partial charge in [-0.1, -0.05) is 43.9 Å². The number of anilines is 1. The largest absolute Gasteiger partial charge is 0.467 e. The molecule has 5 rings (SSSR count). The molecule has 5 heterocycles. The Labute approximate surface area is 207 Å². The van der Waals surface area contributed by atoms with Gasteiger partial charge < -0.3 is 9.32 Å². The number of hydrogen-bond donors (Lipinski definition) is 0. The maximum atomic E-state index is 13.7. The van der Waals surface area contributed by atoms with E-state index in [1.54, 1.807) is 35.1 Å². The van der Waals surface area contributed by atoms with Gasteiger partial charge in [0.2, 0.25) is 0 Å². The Morgan fingerprint density at radius 1 is 1.21 bits per heavy atom. The van der Waals surface area contributed by atoms with Crippen molar-refractivity contribution >= 4 is 51.7 Å². The van der Waals surface area contributed by atoms with Gasteiger partial charge in [-0.25, -0.2) is 4.98 Å². The van der Waals surface area contributed by atoms with E-state index in [4.69, 9.17) is 21.6 Å². The molecule has 0 radical (unpaired) electrons. The van der Waals surface area contributed by atoms with Crippen molar-refractivity contribution < 1.29 is 9.21 Å². The highest BCUT2D eigenvalue weighted by molar-refractivity contribution is 8.26. The van der Waals surface area contributed by atoms with Crippen LogP contribution in [0.4, 0.5) is 5.82 Å². The lowest BCUT2D eigenvalue weighted by Crippen LogP contribution is -2.40. The van der Waals surface area contributed by atoms with Crippen LogP contribution < -0.4 is 10.5 Å². The second-order valence-electron chi connectivity index (χ2n) is 9.24. The van der Waals surface area contributed by atoms with E-state index in [0.29, 0.717) is 43.9 Å². The third-order valence-electron chi connectivity index (χ3n) is 6.28. The van der Waals surface area contributed by atoms with Gasteiger partial charge >= 0.3 is 0 Å². The molecule has 7 nitrogen and oxygen atoms in total. The smallest absolute Gasteiger partial charge is 0.267 e. The number of hydrogen-bond acceptors (Lipinski definition) is 7. The third-order valence-corrected chi connectivity index (χ3v) is 7.65. The molecular weight excluding hydrogens is 468 g/mol. The van der Waals surface area contributed by atoms with Crippen molar-refractivity contribution in [1.82, 2.24) is 14.3 Å². The van der Waals surface area contributed by atoms with E-state index in [0.717, 1.165) is 25.1 Å². The molecule has 0 spiro atoms. The van der Waals surface area contributed by atoms with Gasteiger partial charge in [-0.3, -0.25) is 18.9 Å². The van der Waals surface area contributed by atoms with Gasteiger partial charge in [0.05, 0.1) is 23.3 Å². The van der Waals surface area contributed by atoms with Crippen LogP contribution in [0, 0.1) is 18.8 Å². The van der Waals surface area contributed by atoms with Crippen molar-refractivity contribution in [3.8, 4) is 0 Å². The molecule has 176 valence electrons. The summed E-state index contributed by atoms with van der Waals surface area (Å²) in [4.78, 5) is 36.0. The molecule has 2 saturated heterocycles. The topological polar surface area (TPSA) is 71.1 Å². The van der Waals surface area contributed by atoms with Gasteiger partial charge in [-0.2, -0.15) is 0 Å². The fraction of sp³-hybridized carbons (Fsp3) is 0.360. The molecule has 2 atom stereocenters. The van der Waals surface area contributed by atoms with Crippen LogP contribution in [0.15, 0.2) is 50.8 Å². The molecule has 0 saturated carbocycles. The minimum Gasteiger partial charge on any atom is -0.467 e. The van der Waals surface area contributed by atoms with E-state index in [9.17, 15) is 9.59 Å². The first-order chi connectivity index (χ1) is 16.3. The van der Waals surface area contributed by atoms with Crippen molar-refractivity contribution in [2.45, 2.75) is 33.7 Å². The van der Waals surface area contributed by atoms with Crippen LogP contribution >= 0.6 is 24.0 Å². The number of fused-ring (bicyclic) bond motifs is 1. The maximum absolute atomic E-state index is 13.7. The summed E-state index contributed by atoms with van der Waals surface area (Å²) < 4.78 is 7.39. The maximum Gasteiger partial charge on any atom is 0.267 e. The number of carbonyl (C=O) groups excluding carboxylic acids is 1. The van der Waals surface area contributed by atoms with Gasteiger partial charge in [-0.15, -0.1) is 0 Å². The van der Waals surface area contributed by atoms with Crippen LogP contribution in [-0.4, -0.2) is 37.6 Å². The van der Waals surface area contributed by atoms with E-state index in [1.165, 1.54) is 16.7 Å². The van der Waals surface area contributed by atoms with E-state index < -0.39 is 0 Å². The summed E-state index contributed by atoms with van der Waals surface area (Å²) in [6.07, 6.45) is 6.11. The summed E-state index contributed by atoms with van der Waals surface area (Å²) in [5, 5.41) is 0. The standard InChI is InChI=1S/C25H26N4O3S2/c1-15-10-16(2)13-27(12-15)22-19(23(30)28-8-4-6-17(3)21(28)26-22)11-20-24(31)29(25(33)34-20)14-18-7-5-9-32-18/h4-9,11,15-16H,10,12-14H2,1-3H3/b20-11-/t15-,16-/m0/s1. The first kappa shape index (κ1) is 22.9. The number of thioether (sulfide) groups is 1. The Morgan fingerprint density at radius 3 is 2.68 bits per heavy atom. The molecule has 2 fully saturated rings.